The summed E-state index contributed by atoms with van der Waals surface area (Å²) in [6, 6.07) is 13.3. The van der Waals surface area contributed by atoms with E-state index in [0.717, 1.165) is 5.56 Å². The topological polar surface area (TPSA) is 102 Å². The summed E-state index contributed by atoms with van der Waals surface area (Å²) in [7, 11) is 0. The Morgan fingerprint density at radius 3 is 2.20 bits per heavy atom. The minimum absolute atomic E-state index is 0.136. The molecule has 0 aliphatic carbocycles. The highest BCUT2D eigenvalue weighted by Crippen LogP contribution is 2.18. The van der Waals surface area contributed by atoms with E-state index in [1.165, 1.54) is 0 Å². The maximum atomic E-state index is 12.2. The first-order valence-electron chi connectivity index (χ1n) is 9.51. The Hall–Kier alpha value is -3.48. The van der Waals surface area contributed by atoms with Gasteiger partial charge < -0.3 is 15.4 Å². The fraction of sp³-hybridized carbons (Fsp3) is 0.304. The van der Waals surface area contributed by atoms with Gasteiger partial charge in [0, 0.05) is 22.2 Å². The van der Waals surface area contributed by atoms with Crippen LogP contribution in [0.3, 0.4) is 0 Å². The molecule has 0 bridgehead atoms. The second-order valence-corrected chi connectivity index (χ2v) is 7.92. The van der Waals surface area contributed by atoms with Crippen molar-refractivity contribution in [3.63, 3.8) is 0 Å². The van der Waals surface area contributed by atoms with Crippen LogP contribution < -0.4 is 10.6 Å². The van der Waals surface area contributed by atoms with Crippen molar-refractivity contribution in [1.29, 1.82) is 0 Å². The van der Waals surface area contributed by atoms with E-state index in [9.17, 15) is 19.2 Å². The molecule has 2 aromatic carbocycles. The predicted octanol–water partition coefficient (Wildman–Crippen LogP) is 3.14. The van der Waals surface area contributed by atoms with Crippen LogP contribution in [0.1, 0.15) is 47.1 Å². The number of ether oxygens (including phenoxy) is 1. The Balaban J connectivity index is 1.80. The van der Waals surface area contributed by atoms with E-state index in [0.29, 0.717) is 16.8 Å². The molecular weight excluding hydrogens is 384 g/mol. The molecule has 0 saturated carbocycles. The maximum Gasteiger partial charge on any atom is 0.325 e. The summed E-state index contributed by atoms with van der Waals surface area (Å²) in [5.74, 6) is -1.63. The van der Waals surface area contributed by atoms with E-state index in [-0.39, 0.29) is 18.2 Å². The van der Waals surface area contributed by atoms with Crippen LogP contribution in [0.15, 0.2) is 48.5 Å². The third-order valence-corrected chi connectivity index (χ3v) is 4.18. The maximum absolute atomic E-state index is 12.2. The van der Waals surface area contributed by atoms with Crippen LogP contribution in [0.2, 0.25) is 0 Å². The predicted molar refractivity (Wildman–Crippen MR) is 113 cm³/mol. The van der Waals surface area contributed by atoms with Gasteiger partial charge in [-0.15, -0.1) is 0 Å². The largest absolute Gasteiger partial charge is 0.456 e. The summed E-state index contributed by atoms with van der Waals surface area (Å²) in [6.45, 7) is 6.50. The molecule has 2 rings (SSSR count). The number of benzene rings is 2. The van der Waals surface area contributed by atoms with Gasteiger partial charge >= 0.3 is 5.97 Å². The number of rotatable bonds is 7. The molecule has 7 heteroatoms. The Morgan fingerprint density at radius 2 is 1.60 bits per heavy atom. The lowest BCUT2D eigenvalue weighted by Gasteiger charge is -2.17. The molecular formula is C23H26N2O5. The molecule has 2 N–H and O–H groups in total. The number of aryl methyl sites for hydroxylation is 1. The van der Waals surface area contributed by atoms with Gasteiger partial charge in [0.2, 0.25) is 5.91 Å². The summed E-state index contributed by atoms with van der Waals surface area (Å²) < 4.78 is 4.93. The molecule has 0 atom stereocenters. The van der Waals surface area contributed by atoms with Gasteiger partial charge in [0.25, 0.3) is 5.91 Å². The average Bonchev–Trinajstić information content (AvgIpc) is 2.70. The van der Waals surface area contributed by atoms with E-state index in [1.54, 1.807) is 63.2 Å². The number of Topliss-reactive ketones (excluding diaryl/α,β-unsaturated/α-hetero) is 1. The summed E-state index contributed by atoms with van der Waals surface area (Å²) >= 11 is 0. The summed E-state index contributed by atoms with van der Waals surface area (Å²) in [5.41, 5.74) is 1.76. The number of carbonyl (C=O) groups is 4. The zero-order chi connectivity index (χ0) is 22.3. The van der Waals surface area contributed by atoms with Crippen molar-refractivity contribution in [1.82, 2.24) is 5.32 Å². The Kier molecular flexibility index (Phi) is 7.47. The van der Waals surface area contributed by atoms with Gasteiger partial charge in [0.1, 0.15) is 6.54 Å². The van der Waals surface area contributed by atoms with Crippen LogP contribution in [-0.2, 0) is 14.3 Å². The lowest BCUT2D eigenvalue weighted by molar-refractivity contribution is -0.141. The molecule has 7 nitrogen and oxygen atoms in total. The summed E-state index contributed by atoms with van der Waals surface area (Å²) in [6.07, 6.45) is 0. The van der Waals surface area contributed by atoms with Crippen LogP contribution in [0.5, 0.6) is 0 Å². The van der Waals surface area contributed by atoms with Crippen LogP contribution >= 0.6 is 0 Å². The van der Waals surface area contributed by atoms with Crippen LogP contribution in [0.25, 0.3) is 0 Å². The first-order chi connectivity index (χ1) is 14.1. The van der Waals surface area contributed by atoms with Gasteiger partial charge in [-0.1, -0.05) is 38.5 Å². The van der Waals surface area contributed by atoms with Crippen molar-refractivity contribution in [2.24, 2.45) is 5.41 Å². The van der Waals surface area contributed by atoms with Gasteiger partial charge in [-0.2, -0.15) is 0 Å². The Bertz CT molecular complexity index is 943. The van der Waals surface area contributed by atoms with Gasteiger partial charge in [-0.25, -0.2) is 0 Å². The molecule has 0 aliphatic heterocycles. The highest BCUT2D eigenvalue weighted by Gasteiger charge is 2.21. The van der Waals surface area contributed by atoms with E-state index >= 15 is 0 Å². The number of carbonyl (C=O) groups excluding carboxylic acids is 4. The van der Waals surface area contributed by atoms with Crippen molar-refractivity contribution < 1.29 is 23.9 Å². The Morgan fingerprint density at radius 1 is 0.933 bits per heavy atom. The molecule has 0 aromatic heterocycles. The third kappa shape index (κ3) is 6.84. The standard InChI is InChI=1S/C23H26N2O5/c1-15-6-5-7-17(12-15)21(28)24-13-20(27)30-14-19(26)16-8-10-18(11-9-16)25-22(29)23(2,3)4/h5-12H,13-14H2,1-4H3,(H,24,28)(H,25,29). The van der Waals surface area contributed by atoms with Crippen molar-refractivity contribution in [2.75, 3.05) is 18.5 Å². The minimum Gasteiger partial charge on any atom is -0.456 e. The third-order valence-electron chi connectivity index (χ3n) is 4.18. The van der Waals surface area contributed by atoms with Crippen LogP contribution in [0.4, 0.5) is 5.69 Å². The van der Waals surface area contributed by atoms with E-state index < -0.39 is 23.9 Å². The number of nitrogens with one attached hydrogen (secondary N) is 2. The monoisotopic (exact) mass is 410 g/mol. The molecule has 0 aliphatic rings. The number of hydrogen-bond acceptors (Lipinski definition) is 5. The first-order valence-corrected chi connectivity index (χ1v) is 9.51. The molecule has 30 heavy (non-hydrogen) atoms. The molecule has 2 amide bonds. The number of amides is 2. The molecule has 0 unspecified atom stereocenters. The zero-order valence-corrected chi connectivity index (χ0v) is 17.6. The second kappa shape index (κ2) is 9.82. The van der Waals surface area contributed by atoms with Crippen molar-refractivity contribution in [3.05, 3.63) is 65.2 Å². The number of ketones is 1. The molecule has 0 fully saturated rings. The highest BCUT2D eigenvalue weighted by atomic mass is 16.5. The lowest BCUT2D eigenvalue weighted by Crippen LogP contribution is -2.31. The van der Waals surface area contributed by atoms with E-state index in [1.807, 2.05) is 13.0 Å². The smallest absolute Gasteiger partial charge is 0.325 e. The average molecular weight is 410 g/mol. The van der Waals surface area contributed by atoms with Crippen molar-refractivity contribution in [3.8, 4) is 0 Å². The molecule has 0 radical (unpaired) electrons. The molecule has 158 valence electrons. The molecule has 0 spiro atoms. The van der Waals surface area contributed by atoms with Gasteiger partial charge in [-0.3, -0.25) is 19.2 Å². The fourth-order valence-electron chi connectivity index (χ4n) is 2.38. The number of esters is 1. The zero-order valence-electron chi connectivity index (χ0n) is 17.6. The van der Waals surface area contributed by atoms with Gasteiger partial charge in [-0.05, 0) is 43.3 Å². The second-order valence-electron chi connectivity index (χ2n) is 7.92. The van der Waals surface area contributed by atoms with Gasteiger partial charge in [0.15, 0.2) is 12.4 Å². The van der Waals surface area contributed by atoms with Crippen molar-refractivity contribution in [2.45, 2.75) is 27.7 Å². The minimum atomic E-state index is -0.710. The SMILES string of the molecule is Cc1cccc(C(=O)NCC(=O)OCC(=O)c2ccc(NC(=O)C(C)(C)C)cc2)c1. The van der Waals surface area contributed by atoms with Crippen LogP contribution in [0, 0.1) is 12.3 Å². The molecule has 0 saturated heterocycles. The summed E-state index contributed by atoms with van der Waals surface area (Å²) in [5, 5.41) is 5.23. The van der Waals surface area contributed by atoms with Crippen molar-refractivity contribution >= 4 is 29.3 Å². The first kappa shape index (κ1) is 22.8. The van der Waals surface area contributed by atoms with Crippen LogP contribution in [-0.4, -0.2) is 36.7 Å². The van der Waals surface area contributed by atoms with E-state index in [4.69, 9.17) is 4.74 Å². The fourth-order valence-corrected chi connectivity index (χ4v) is 2.38. The molecule has 2 aromatic rings. The Labute approximate surface area is 175 Å². The molecule has 0 heterocycles. The lowest BCUT2D eigenvalue weighted by atomic mass is 9.95. The highest BCUT2D eigenvalue weighted by molar-refractivity contribution is 6.00. The van der Waals surface area contributed by atoms with Gasteiger partial charge in [0.05, 0.1) is 0 Å². The van der Waals surface area contributed by atoms with E-state index in [2.05, 4.69) is 10.6 Å². The normalized spacial score (nSPS) is 10.8. The summed E-state index contributed by atoms with van der Waals surface area (Å²) in [4.78, 5) is 48.0. The number of anilines is 1. The number of hydrogen-bond donors (Lipinski definition) is 2. The quantitative estimate of drug-likeness (QED) is 0.539.